The first-order chi connectivity index (χ1) is 20.3. The van der Waals surface area contributed by atoms with E-state index in [9.17, 15) is 18.4 Å². The first-order valence-corrected chi connectivity index (χ1v) is 14.8. The van der Waals surface area contributed by atoms with E-state index in [1.807, 2.05) is 60.5 Å². The van der Waals surface area contributed by atoms with Gasteiger partial charge in [0, 0.05) is 30.9 Å². The highest BCUT2D eigenvalue weighted by Crippen LogP contribution is 2.30. The van der Waals surface area contributed by atoms with Gasteiger partial charge >= 0.3 is 5.97 Å². The zero-order valence-corrected chi connectivity index (χ0v) is 24.6. The fourth-order valence-electron chi connectivity index (χ4n) is 4.77. The molecule has 1 unspecified atom stereocenters. The maximum absolute atomic E-state index is 14.0. The number of aromatic nitrogens is 1. The smallest absolute Gasteiger partial charge is 0.328 e. The largest absolute Gasteiger partial charge is 0.467 e. The van der Waals surface area contributed by atoms with Crippen LogP contribution in [0.2, 0.25) is 0 Å². The van der Waals surface area contributed by atoms with Crippen molar-refractivity contribution in [2.75, 3.05) is 24.0 Å². The van der Waals surface area contributed by atoms with E-state index in [0.717, 1.165) is 28.4 Å². The number of nitrogens with zero attached hydrogens (tertiary/aromatic N) is 2. The van der Waals surface area contributed by atoms with Gasteiger partial charge in [-0.05, 0) is 89.6 Å². The molecule has 3 aromatic carbocycles. The van der Waals surface area contributed by atoms with Gasteiger partial charge < -0.3 is 15.0 Å². The van der Waals surface area contributed by atoms with Gasteiger partial charge in [-0.25, -0.2) is 13.6 Å². The number of aryl methyl sites for hydroxylation is 1. The van der Waals surface area contributed by atoms with Gasteiger partial charge in [0.25, 0.3) is 5.91 Å². The number of carbonyl (C=O) groups excluding carboxylic acids is 2. The summed E-state index contributed by atoms with van der Waals surface area (Å²) in [6.45, 7) is 2.58. The van der Waals surface area contributed by atoms with E-state index in [4.69, 9.17) is 4.74 Å². The van der Waals surface area contributed by atoms with Crippen LogP contribution in [0, 0.1) is 18.6 Å². The van der Waals surface area contributed by atoms with Crippen LogP contribution < -0.4 is 10.2 Å². The molecule has 0 spiro atoms. The molecule has 0 aliphatic heterocycles. The molecule has 0 saturated heterocycles. The number of thioether (sulfide) groups is 1. The van der Waals surface area contributed by atoms with Crippen molar-refractivity contribution in [1.82, 2.24) is 10.3 Å². The lowest BCUT2D eigenvalue weighted by atomic mass is 9.93. The minimum absolute atomic E-state index is 0.235. The quantitative estimate of drug-likeness (QED) is 0.189. The molecule has 0 radical (unpaired) electrons. The van der Waals surface area contributed by atoms with Crippen molar-refractivity contribution in [3.8, 4) is 11.1 Å². The highest BCUT2D eigenvalue weighted by atomic mass is 32.2. The van der Waals surface area contributed by atoms with Crippen LogP contribution in [0.1, 0.15) is 33.5 Å². The molecule has 0 fully saturated rings. The number of ether oxygens (including phenoxy) is 1. The predicted octanol–water partition coefficient (Wildman–Crippen LogP) is 6.57. The van der Waals surface area contributed by atoms with Crippen molar-refractivity contribution in [2.45, 2.75) is 32.5 Å². The fourth-order valence-corrected chi connectivity index (χ4v) is 5.24. The number of benzene rings is 3. The van der Waals surface area contributed by atoms with Gasteiger partial charge in [-0.15, -0.1) is 0 Å². The molecule has 4 rings (SSSR count). The molecule has 1 aromatic heterocycles. The van der Waals surface area contributed by atoms with Crippen molar-refractivity contribution in [2.24, 2.45) is 0 Å². The molecule has 218 valence electrons. The van der Waals surface area contributed by atoms with Crippen molar-refractivity contribution < 1.29 is 23.1 Å². The van der Waals surface area contributed by atoms with E-state index in [0.29, 0.717) is 35.4 Å². The van der Waals surface area contributed by atoms with Gasteiger partial charge in [-0.3, -0.25) is 9.78 Å². The van der Waals surface area contributed by atoms with E-state index in [1.165, 1.54) is 19.2 Å². The summed E-state index contributed by atoms with van der Waals surface area (Å²) >= 11 is 1.58. The Balaban J connectivity index is 1.72. The summed E-state index contributed by atoms with van der Waals surface area (Å²) < 4.78 is 32.9. The van der Waals surface area contributed by atoms with Crippen molar-refractivity contribution in [1.29, 1.82) is 0 Å². The molecule has 42 heavy (non-hydrogen) atoms. The van der Waals surface area contributed by atoms with Gasteiger partial charge in [0.05, 0.1) is 19.0 Å². The molecule has 1 atom stereocenters. The van der Waals surface area contributed by atoms with Crippen LogP contribution in [0.3, 0.4) is 0 Å². The Bertz CT molecular complexity index is 1510. The molecule has 0 aliphatic carbocycles. The number of pyridine rings is 1. The summed E-state index contributed by atoms with van der Waals surface area (Å²) in [5, 5.41) is 2.86. The highest BCUT2D eigenvalue weighted by Gasteiger charge is 2.24. The molecule has 6 nitrogen and oxygen atoms in total. The molecular weight excluding hydrogens is 556 g/mol. The van der Waals surface area contributed by atoms with Crippen LogP contribution in [-0.2, 0) is 22.6 Å². The van der Waals surface area contributed by atoms with Gasteiger partial charge in [0.1, 0.15) is 17.7 Å². The summed E-state index contributed by atoms with van der Waals surface area (Å²) in [6.07, 6.45) is 5.73. The topological polar surface area (TPSA) is 71.5 Å². The Hall–Kier alpha value is -4.24. The molecular formula is C33H33F2N3O3S. The normalized spacial score (nSPS) is 11.5. The number of amides is 1. The third-order valence-corrected chi connectivity index (χ3v) is 7.49. The summed E-state index contributed by atoms with van der Waals surface area (Å²) in [7, 11) is 1.31. The maximum atomic E-state index is 14.0. The van der Waals surface area contributed by atoms with Gasteiger partial charge in [0.2, 0.25) is 0 Å². The number of anilines is 1. The monoisotopic (exact) mass is 589 g/mol. The number of esters is 1. The average Bonchev–Trinajstić information content (AvgIpc) is 2.98. The number of carbonyl (C=O) groups is 2. The number of halogens is 2. The van der Waals surface area contributed by atoms with Crippen molar-refractivity contribution >= 4 is 29.3 Å². The third-order valence-electron chi connectivity index (χ3n) is 6.85. The minimum Gasteiger partial charge on any atom is -0.467 e. The minimum atomic E-state index is -0.771. The van der Waals surface area contributed by atoms with Crippen LogP contribution in [0.15, 0.2) is 85.2 Å². The predicted molar refractivity (Wildman–Crippen MR) is 163 cm³/mol. The van der Waals surface area contributed by atoms with Crippen LogP contribution in [0.4, 0.5) is 14.5 Å². The number of nitrogens with one attached hydrogen (secondary N) is 1. The van der Waals surface area contributed by atoms with E-state index >= 15 is 0 Å². The summed E-state index contributed by atoms with van der Waals surface area (Å²) in [5.74, 6) is -1.47. The molecule has 1 amide bonds. The second kappa shape index (κ2) is 14.6. The Morgan fingerprint density at radius 3 is 2.36 bits per heavy atom. The molecule has 9 heteroatoms. The molecule has 0 bridgehead atoms. The van der Waals surface area contributed by atoms with E-state index in [2.05, 4.69) is 10.3 Å². The number of rotatable bonds is 12. The van der Waals surface area contributed by atoms with Crippen LogP contribution >= 0.6 is 11.8 Å². The number of hydrogen-bond acceptors (Lipinski definition) is 6. The lowest BCUT2D eigenvalue weighted by molar-refractivity contribution is -0.142. The van der Waals surface area contributed by atoms with Crippen LogP contribution in [0.5, 0.6) is 0 Å². The molecule has 0 saturated carbocycles. The van der Waals surface area contributed by atoms with Crippen LogP contribution in [0.25, 0.3) is 11.1 Å². The Labute approximate surface area is 249 Å². The third kappa shape index (κ3) is 7.94. The lowest BCUT2D eigenvalue weighted by Crippen LogP contribution is -2.42. The maximum Gasteiger partial charge on any atom is 0.328 e. The molecule has 1 N–H and O–H groups in total. The van der Waals surface area contributed by atoms with Crippen LogP contribution in [-0.4, -0.2) is 42.0 Å². The summed E-state index contributed by atoms with van der Waals surface area (Å²) in [5.41, 5.74) is 5.11. The number of methoxy groups -OCH3 is 1. The standard InChI is InChI=1S/C33H33F2N3O3S/c1-22-7-4-5-9-28(22)30-17-23(10-11-29(30)32(39)37-31(12-14-42-3)33(40)41-2)20-38(27-8-6-13-36-19-27)21-24-15-25(34)18-26(35)16-24/h4-11,13,15-19,31H,12,14,20-21H2,1-3H3,(H,37,39). The van der Waals surface area contributed by atoms with Crippen molar-refractivity contribution in [3.05, 3.63) is 119 Å². The van der Waals surface area contributed by atoms with E-state index in [-0.39, 0.29) is 12.5 Å². The molecule has 4 aromatic rings. The second-order valence-electron chi connectivity index (χ2n) is 9.87. The first kappa shape index (κ1) is 30.7. The average molecular weight is 590 g/mol. The Morgan fingerprint density at radius 2 is 1.69 bits per heavy atom. The Kier molecular flexibility index (Phi) is 10.7. The second-order valence-corrected chi connectivity index (χ2v) is 10.9. The van der Waals surface area contributed by atoms with Gasteiger partial charge in [-0.1, -0.05) is 30.3 Å². The Morgan fingerprint density at radius 1 is 0.952 bits per heavy atom. The van der Waals surface area contributed by atoms with Crippen molar-refractivity contribution in [3.63, 3.8) is 0 Å². The van der Waals surface area contributed by atoms with Gasteiger partial charge in [0.15, 0.2) is 0 Å². The summed E-state index contributed by atoms with van der Waals surface area (Å²) in [4.78, 5) is 32.2. The fraction of sp³-hybridized carbons (Fsp3) is 0.242. The summed E-state index contributed by atoms with van der Waals surface area (Å²) in [6, 6.07) is 19.7. The highest BCUT2D eigenvalue weighted by molar-refractivity contribution is 7.98. The number of hydrogen-bond donors (Lipinski definition) is 1. The van der Waals surface area contributed by atoms with E-state index in [1.54, 1.807) is 36.3 Å². The molecule has 0 aliphatic rings. The van der Waals surface area contributed by atoms with E-state index < -0.39 is 23.6 Å². The zero-order chi connectivity index (χ0) is 30.1. The molecule has 1 heterocycles. The first-order valence-electron chi connectivity index (χ1n) is 13.5. The zero-order valence-electron chi connectivity index (χ0n) is 23.8. The van der Waals surface area contributed by atoms with Gasteiger partial charge in [-0.2, -0.15) is 11.8 Å². The lowest BCUT2D eigenvalue weighted by Gasteiger charge is -2.26. The SMILES string of the molecule is COC(=O)C(CCSC)NC(=O)c1ccc(CN(Cc2cc(F)cc(F)c2)c2cccnc2)cc1-c1ccccc1C.